The van der Waals surface area contributed by atoms with Crippen molar-refractivity contribution in [3.63, 3.8) is 0 Å². The normalized spacial score (nSPS) is 14.6. The van der Waals surface area contributed by atoms with E-state index in [-0.39, 0.29) is 25.7 Å². The number of unbranched alkanes of at least 4 members (excludes halogenated alkanes) is 11. The maximum Gasteiger partial charge on any atom is 0.268 e. The van der Waals surface area contributed by atoms with Gasteiger partial charge < -0.3 is 28.5 Å². The van der Waals surface area contributed by atoms with E-state index in [9.17, 15) is 14.3 Å². The Morgan fingerprint density at radius 2 is 1.37 bits per heavy atom. The largest absolute Gasteiger partial charge is 0.756 e. The monoisotopic (exact) mass is 522 g/mol. The van der Waals surface area contributed by atoms with Gasteiger partial charge in [-0.2, -0.15) is 0 Å². The molecule has 0 bridgehead atoms. The molecule has 0 radical (unpaired) electrons. The topological polar surface area (TPSA) is 96.9 Å². The Bertz CT molecular complexity index is 556. The SMILES string of the molecule is CCCCCCCCCCCC(=O)NCC(COP(=O)([O-])OCC[N+](C)(C)C)OCCCCCC. The number of ether oxygens (including phenoxy) is 1. The molecular formula is C26H55N2O6P. The van der Waals surface area contributed by atoms with Crippen molar-refractivity contribution in [2.75, 3.05) is 54.1 Å². The quantitative estimate of drug-likeness (QED) is 0.101. The number of likely N-dealkylation sites (N-methyl/N-ethyl adjacent to an activating group) is 1. The lowest BCUT2D eigenvalue weighted by molar-refractivity contribution is -0.870. The van der Waals surface area contributed by atoms with Gasteiger partial charge in [0.15, 0.2) is 0 Å². The van der Waals surface area contributed by atoms with Gasteiger partial charge in [-0.1, -0.05) is 84.5 Å². The van der Waals surface area contributed by atoms with Gasteiger partial charge in [0.1, 0.15) is 13.2 Å². The molecule has 0 aliphatic heterocycles. The van der Waals surface area contributed by atoms with E-state index < -0.39 is 13.9 Å². The van der Waals surface area contributed by atoms with E-state index in [1.54, 1.807) is 0 Å². The van der Waals surface area contributed by atoms with Gasteiger partial charge in [0.2, 0.25) is 5.91 Å². The van der Waals surface area contributed by atoms with Crippen LogP contribution in [0.1, 0.15) is 104 Å². The number of nitrogens with zero attached hydrogens (tertiary/aromatic N) is 1. The highest BCUT2D eigenvalue weighted by atomic mass is 31.2. The number of nitrogens with one attached hydrogen (secondary N) is 1. The molecule has 0 aliphatic rings. The molecule has 0 spiro atoms. The summed E-state index contributed by atoms with van der Waals surface area (Å²) in [6, 6.07) is 0. The van der Waals surface area contributed by atoms with Crippen LogP contribution in [0, 0.1) is 0 Å². The van der Waals surface area contributed by atoms with E-state index in [1.165, 1.54) is 44.9 Å². The van der Waals surface area contributed by atoms with Crippen LogP contribution in [-0.2, 0) is 23.1 Å². The zero-order valence-corrected chi connectivity index (χ0v) is 24.3. The van der Waals surface area contributed by atoms with Crippen LogP contribution in [0.15, 0.2) is 0 Å². The Labute approximate surface area is 215 Å². The molecule has 2 unspecified atom stereocenters. The van der Waals surface area contributed by atoms with E-state index in [0.717, 1.165) is 38.5 Å². The third-order valence-electron chi connectivity index (χ3n) is 5.82. The maximum atomic E-state index is 12.3. The number of rotatable bonds is 25. The molecule has 8 nitrogen and oxygen atoms in total. The van der Waals surface area contributed by atoms with Crippen LogP contribution >= 0.6 is 7.82 Å². The summed E-state index contributed by atoms with van der Waals surface area (Å²) in [4.78, 5) is 24.4. The molecule has 0 fully saturated rings. The summed E-state index contributed by atoms with van der Waals surface area (Å²) < 4.78 is 28.6. The number of hydrogen-bond acceptors (Lipinski definition) is 6. The van der Waals surface area contributed by atoms with Crippen LogP contribution in [0.4, 0.5) is 0 Å². The van der Waals surface area contributed by atoms with Gasteiger partial charge in [-0.25, -0.2) is 0 Å². The number of quaternary nitrogens is 1. The smallest absolute Gasteiger partial charge is 0.268 e. The molecule has 35 heavy (non-hydrogen) atoms. The van der Waals surface area contributed by atoms with Gasteiger partial charge in [-0.3, -0.25) is 9.36 Å². The Kier molecular flexibility index (Phi) is 21.3. The fourth-order valence-electron chi connectivity index (χ4n) is 3.50. The Hall–Kier alpha value is -0.500. The zero-order chi connectivity index (χ0) is 26.4. The van der Waals surface area contributed by atoms with Crippen molar-refractivity contribution in [1.29, 1.82) is 0 Å². The minimum atomic E-state index is -4.42. The fourth-order valence-corrected chi connectivity index (χ4v) is 4.22. The number of phosphoric acid groups is 1. The lowest BCUT2D eigenvalue weighted by Crippen LogP contribution is -2.38. The molecule has 2 atom stereocenters. The second kappa shape index (κ2) is 21.6. The molecular weight excluding hydrogens is 467 g/mol. The molecule has 210 valence electrons. The van der Waals surface area contributed by atoms with Crippen molar-refractivity contribution in [3.8, 4) is 0 Å². The Morgan fingerprint density at radius 1 is 0.829 bits per heavy atom. The highest BCUT2D eigenvalue weighted by molar-refractivity contribution is 7.45. The standard InChI is InChI=1S/C26H55N2O6P/c1-6-8-10-12-13-14-15-16-17-19-26(29)27-23-25(32-21-18-11-9-7-2)24-34-35(30,31)33-22-20-28(3,4)5/h25H,6-24H2,1-5H3,(H-,27,29,30,31). The summed E-state index contributed by atoms with van der Waals surface area (Å²) in [5, 5.41) is 2.88. The van der Waals surface area contributed by atoms with E-state index in [1.807, 2.05) is 21.1 Å². The first kappa shape index (κ1) is 34.5. The van der Waals surface area contributed by atoms with Gasteiger partial charge >= 0.3 is 0 Å². The molecule has 1 amide bonds. The van der Waals surface area contributed by atoms with Crippen molar-refractivity contribution in [1.82, 2.24) is 5.32 Å². The first-order valence-corrected chi connectivity index (χ1v) is 15.3. The Morgan fingerprint density at radius 3 is 1.94 bits per heavy atom. The van der Waals surface area contributed by atoms with Crippen LogP contribution < -0.4 is 10.2 Å². The number of carbonyl (C=O) groups is 1. The maximum absolute atomic E-state index is 12.3. The summed E-state index contributed by atoms with van der Waals surface area (Å²) in [6.45, 7) is 5.54. The van der Waals surface area contributed by atoms with Crippen molar-refractivity contribution < 1.29 is 32.5 Å². The van der Waals surface area contributed by atoms with E-state index in [2.05, 4.69) is 19.2 Å². The minimum Gasteiger partial charge on any atom is -0.756 e. The van der Waals surface area contributed by atoms with Crippen LogP contribution in [0.2, 0.25) is 0 Å². The predicted molar refractivity (Wildman–Crippen MR) is 141 cm³/mol. The molecule has 9 heteroatoms. The molecule has 0 rings (SSSR count). The summed E-state index contributed by atoms with van der Waals surface area (Å²) in [5.74, 6) is -0.0305. The summed E-state index contributed by atoms with van der Waals surface area (Å²) in [5.41, 5.74) is 0. The van der Waals surface area contributed by atoms with Crippen LogP contribution in [0.25, 0.3) is 0 Å². The zero-order valence-electron chi connectivity index (χ0n) is 23.4. The first-order valence-electron chi connectivity index (χ1n) is 13.9. The number of hydrogen-bond donors (Lipinski definition) is 1. The fraction of sp³-hybridized carbons (Fsp3) is 0.962. The predicted octanol–water partition coefficient (Wildman–Crippen LogP) is 5.20. The van der Waals surface area contributed by atoms with Gasteiger partial charge in [-0.05, 0) is 12.8 Å². The third kappa shape index (κ3) is 25.0. The summed E-state index contributed by atoms with van der Waals surface area (Å²) >= 11 is 0. The first-order chi connectivity index (χ1) is 16.6. The average molecular weight is 523 g/mol. The van der Waals surface area contributed by atoms with Gasteiger partial charge in [-0.15, -0.1) is 0 Å². The lowest BCUT2D eigenvalue weighted by atomic mass is 10.1. The van der Waals surface area contributed by atoms with E-state index in [0.29, 0.717) is 24.1 Å². The van der Waals surface area contributed by atoms with E-state index >= 15 is 0 Å². The molecule has 0 saturated heterocycles. The van der Waals surface area contributed by atoms with Gasteiger partial charge in [0.25, 0.3) is 7.82 Å². The number of amides is 1. The number of phosphoric ester groups is 1. The molecule has 0 aliphatic carbocycles. The second-order valence-corrected chi connectivity index (χ2v) is 11.9. The van der Waals surface area contributed by atoms with Crippen molar-refractivity contribution in [2.24, 2.45) is 0 Å². The van der Waals surface area contributed by atoms with Crippen LogP contribution in [-0.4, -0.2) is 70.5 Å². The van der Waals surface area contributed by atoms with Crippen molar-refractivity contribution in [3.05, 3.63) is 0 Å². The average Bonchev–Trinajstić information content (AvgIpc) is 2.78. The summed E-state index contributed by atoms with van der Waals surface area (Å²) in [6.07, 6.45) is 15.0. The highest BCUT2D eigenvalue weighted by Crippen LogP contribution is 2.38. The molecule has 0 aromatic carbocycles. The molecule has 0 aromatic rings. The molecule has 0 aromatic heterocycles. The lowest BCUT2D eigenvalue weighted by Gasteiger charge is -2.28. The van der Waals surface area contributed by atoms with Crippen molar-refractivity contribution >= 4 is 13.7 Å². The Balaban J connectivity index is 4.28. The number of carbonyl (C=O) groups excluding carboxylic acids is 1. The van der Waals surface area contributed by atoms with E-state index in [4.69, 9.17) is 13.8 Å². The van der Waals surface area contributed by atoms with Gasteiger partial charge in [0.05, 0.1) is 33.9 Å². The molecule has 0 saturated carbocycles. The highest BCUT2D eigenvalue weighted by Gasteiger charge is 2.18. The van der Waals surface area contributed by atoms with Crippen molar-refractivity contribution in [2.45, 2.75) is 110 Å². The van der Waals surface area contributed by atoms with Gasteiger partial charge in [0, 0.05) is 19.6 Å². The minimum absolute atomic E-state index is 0.0305. The van der Waals surface area contributed by atoms with Crippen LogP contribution in [0.5, 0.6) is 0 Å². The summed E-state index contributed by atoms with van der Waals surface area (Å²) in [7, 11) is 1.45. The third-order valence-corrected chi connectivity index (χ3v) is 6.78. The van der Waals surface area contributed by atoms with Crippen LogP contribution in [0.3, 0.4) is 0 Å². The molecule has 1 N–H and O–H groups in total. The second-order valence-electron chi connectivity index (χ2n) is 10.5. The molecule has 0 heterocycles.